The first-order chi connectivity index (χ1) is 7.32. The number of hydrogen-bond donors (Lipinski definition) is 2. The van der Waals surface area contributed by atoms with Crippen LogP contribution in [0.5, 0.6) is 0 Å². The summed E-state index contributed by atoms with van der Waals surface area (Å²) in [7, 11) is 0. The Morgan fingerprint density at radius 1 is 1.44 bits per heavy atom. The van der Waals surface area contributed by atoms with Crippen molar-refractivity contribution >= 4 is 17.3 Å². The van der Waals surface area contributed by atoms with Crippen molar-refractivity contribution in [3.63, 3.8) is 0 Å². The average molecular weight is 241 g/mol. The molecule has 1 aliphatic carbocycles. The summed E-state index contributed by atoms with van der Waals surface area (Å²) in [5.41, 5.74) is 3.67. The Morgan fingerprint density at radius 3 is 2.62 bits per heavy atom. The number of hydrogen-bond acceptors (Lipinski definition) is 2. The molecule has 0 aromatic heterocycles. The van der Waals surface area contributed by atoms with E-state index in [1.54, 1.807) is 0 Å². The number of nitrogens with zero attached hydrogens (tertiary/aromatic N) is 1. The van der Waals surface area contributed by atoms with Crippen LogP contribution in [0, 0.1) is 5.92 Å². The van der Waals surface area contributed by atoms with Crippen molar-refractivity contribution < 1.29 is 0 Å². The van der Waals surface area contributed by atoms with E-state index in [4.69, 9.17) is 12.2 Å². The molecule has 16 heavy (non-hydrogen) atoms. The van der Waals surface area contributed by atoms with Crippen molar-refractivity contribution in [3.8, 4) is 0 Å². The zero-order valence-electron chi connectivity index (χ0n) is 10.8. The van der Waals surface area contributed by atoms with Gasteiger partial charge in [-0.15, -0.1) is 0 Å². The third-order valence-electron chi connectivity index (χ3n) is 3.54. The molecule has 1 spiro atoms. The molecule has 92 valence electrons. The maximum Gasteiger partial charge on any atom is 0.185 e. The molecular formula is C12H23N3S. The van der Waals surface area contributed by atoms with Crippen molar-refractivity contribution in [1.82, 2.24) is 15.8 Å². The Hall–Kier alpha value is -0.350. The van der Waals surface area contributed by atoms with E-state index < -0.39 is 0 Å². The van der Waals surface area contributed by atoms with E-state index in [-0.39, 0.29) is 11.2 Å². The van der Waals surface area contributed by atoms with Crippen LogP contribution in [0.15, 0.2) is 0 Å². The van der Waals surface area contributed by atoms with Crippen molar-refractivity contribution in [2.75, 3.05) is 0 Å². The fourth-order valence-electron chi connectivity index (χ4n) is 2.79. The topological polar surface area (TPSA) is 27.3 Å². The van der Waals surface area contributed by atoms with Gasteiger partial charge < -0.3 is 5.32 Å². The summed E-state index contributed by atoms with van der Waals surface area (Å²) in [4.78, 5) is 0. The second-order valence-electron chi connectivity index (χ2n) is 6.33. The minimum absolute atomic E-state index is 0.0298. The van der Waals surface area contributed by atoms with Gasteiger partial charge in [-0.05, 0) is 58.2 Å². The predicted molar refractivity (Wildman–Crippen MR) is 70.8 cm³/mol. The lowest BCUT2D eigenvalue weighted by Crippen LogP contribution is -2.56. The van der Waals surface area contributed by atoms with Crippen molar-refractivity contribution in [2.24, 2.45) is 5.92 Å². The number of rotatable bonds is 0. The van der Waals surface area contributed by atoms with E-state index in [2.05, 4.69) is 43.4 Å². The number of nitrogens with one attached hydrogen (secondary N) is 2. The van der Waals surface area contributed by atoms with Crippen molar-refractivity contribution in [1.29, 1.82) is 0 Å². The predicted octanol–water partition coefficient (Wildman–Crippen LogP) is 2.39. The van der Waals surface area contributed by atoms with Gasteiger partial charge in [-0.2, -0.15) is 0 Å². The van der Waals surface area contributed by atoms with Gasteiger partial charge in [0.05, 0.1) is 5.54 Å². The summed E-state index contributed by atoms with van der Waals surface area (Å²) in [5, 5.41) is 6.46. The molecule has 0 aromatic rings. The summed E-state index contributed by atoms with van der Waals surface area (Å²) < 4.78 is 0. The van der Waals surface area contributed by atoms with Gasteiger partial charge in [-0.3, -0.25) is 5.01 Å². The summed E-state index contributed by atoms with van der Waals surface area (Å²) >= 11 is 5.43. The Labute approximate surface area is 104 Å². The van der Waals surface area contributed by atoms with Crippen LogP contribution in [0.25, 0.3) is 0 Å². The quantitative estimate of drug-likeness (QED) is 0.637. The van der Waals surface area contributed by atoms with Crippen LogP contribution >= 0.6 is 12.2 Å². The van der Waals surface area contributed by atoms with E-state index in [1.165, 1.54) is 25.7 Å². The van der Waals surface area contributed by atoms with Crippen LogP contribution in [0.1, 0.15) is 53.4 Å². The fraction of sp³-hybridized carbons (Fsp3) is 0.917. The van der Waals surface area contributed by atoms with Crippen LogP contribution in [0.2, 0.25) is 0 Å². The van der Waals surface area contributed by atoms with Gasteiger partial charge in [0.15, 0.2) is 5.11 Å². The number of hydrazine groups is 1. The third kappa shape index (κ3) is 2.18. The Bertz CT molecular complexity index is 297. The van der Waals surface area contributed by atoms with Gasteiger partial charge in [0.2, 0.25) is 0 Å². The molecule has 2 N–H and O–H groups in total. The minimum Gasteiger partial charge on any atom is -0.342 e. The minimum atomic E-state index is 0.0298. The molecule has 1 heterocycles. The largest absolute Gasteiger partial charge is 0.342 e. The molecule has 0 radical (unpaired) electrons. The second kappa shape index (κ2) is 3.84. The SMILES string of the molecule is C[C@H]1CCC[C@]2(C1)NC(=S)N(C(C)(C)C)N2. The van der Waals surface area contributed by atoms with E-state index in [0.29, 0.717) is 0 Å². The Morgan fingerprint density at radius 2 is 2.12 bits per heavy atom. The lowest BCUT2D eigenvalue weighted by Gasteiger charge is -2.39. The number of thiocarbonyl (C=S) groups is 1. The van der Waals surface area contributed by atoms with Crippen LogP contribution in [0.3, 0.4) is 0 Å². The fourth-order valence-corrected chi connectivity index (χ4v) is 3.31. The zero-order chi connectivity index (χ0) is 12.0. The van der Waals surface area contributed by atoms with E-state index in [9.17, 15) is 0 Å². The monoisotopic (exact) mass is 241 g/mol. The van der Waals surface area contributed by atoms with Crippen LogP contribution in [0.4, 0.5) is 0 Å². The molecule has 3 nitrogen and oxygen atoms in total. The molecule has 0 aromatic carbocycles. The van der Waals surface area contributed by atoms with E-state index in [1.807, 2.05) is 0 Å². The summed E-state index contributed by atoms with van der Waals surface area (Å²) in [6.45, 7) is 8.87. The molecule has 0 unspecified atom stereocenters. The molecule has 2 rings (SSSR count). The summed E-state index contributed by atoms with van der Waals surface area (Å²) in [6.07, 6.45) is 4.96. The molecule has 1 saturated carbocycles. The highest BCUT2D eigenvalue weighted by Crippen LogP contribution is 2.34. The molecule has 4 heteroatoms. The van der Waals surface area contributed by atoms with Crippen molar-refractivity contribution in [3.05, 3.63) is 0 Å². The molecular weight excluding hydrogens is 218 g/mol. The lowest BCUT2D eigenvalue weighted by molar-refractivity contribution is 0.0901. The van der Waals surface area contributed by atoms with Crippen molar-refractivity contribution in [2.45, 2.75) is 64.6 Å². The molecule has 0 amide bonds. The van der Waals surface area contributed by atoms with Gasteiger partial charge in [0.25, 0.3) is 0 Å². The molecule has 1 aliphatic heterocycles. The maximum atomic E-state index is 5.43. The first kappa shape index (κ1) is 12.1. The highest BCUT2D eigenvalue weighted by atomic mass is 32.1. The molecule has 1 saturated heterocycles. The highest BCUT2D eigenvalue weighted by molar-refractivity contribution is 7.80. The van der Waals surface area contributed by atoms with Gasteiger partial charge in [-0.25, -0.2) is 5.43 Å². The van der Waals surface area contributed by atoms with Crippen LogP contribution in [-0.4, -0.2) is 21.3 Å². The zero-order valence-corrected chi connectivity index (χ0v) is 11.6. The Kier molecular flexibility index (Phi) is 2.91. The molecule has 2 fully saturated rings. The van der Waals surface area contributed by atoms with Crippen LogP contribution in [-0.2, 0) is 0 Å². The summed E-state index contributed by atoms with van der Waals surface area (Å²) in [5.74, 6) is 0.775. The van der Waals surface area contributed by atoms with Crippen LogP contribution < -0.4 is 10.7 Å². The highest BCUT2D eigenvalue weighted by Gasteiger charge is 2.45. The smallest absolute Gasteiger partial charge is 0.185 e. The van der Waals surface area contributed by atoms with E-state index >= 15 is 0 Å². The molecule has 0 bridgehead atoms. The normalized spacial score (nSPS) is 35.6. The average Bonchev–Trinajstić information content (AvgIpc) is 2.41. The standard InChI is InChI=1S/C12H23N3S/c1-9-6-5-7-12(8-9)13-10(16)15(14-12)11(2,3)4/h9,14H,5-8H2,1-4H3,(H,13,16)/t9-,12-/m0/s1. The first-order valence-corrected chi connectivity index (χ1v) is 6.63. The first-order valence-electron chi connectivity index (χ1n) is 6.23. The molecule has 2 atom stereocenters. The maximum absolute atomic E-state index is 5.43. The van der Waals surface area contributed by atoms with Gasteiger partial charge in [0, 0.05) is 0 Å². The van der Waals surface area contributed by atoms with Gasteiger partial charge in [0.1, 0.15) is 5.66 Å². The van der Waals surface area contributed by atoms with Gasteiger partial charge >= 0.3 is 0 Å². The van der Waals surface area contributed by atoms with Gasteiger partial charge in [-0.1, -0.05) is 13.3 Å². The second-order valence-corrected chi connectivity index (χ2v) is 6.72. The molecule has 2 aliphatic rings. The summed E-state index contributed by atoms with van der Waals surface area (Å²) in [6, 6.07) is 0. The Balaban J connectivity index is 2.13. The van der Waals surface area contributed by atoms with E-state index in [0.717, 1.165) is 11.0 Å². The third-order valence-corrected chi connectivity index (χ3v) is 3.83. The lowest BCUT2D eigenvalue weighted by atomic mass is 9.83.